The lowest BCUT2D eigenvalue weighted by atomic mass is 9.95. The van der Waals surface area contributed by atoms with Gasteiger partial charge in [-0.15, -0.1) is 0 Å². The number of aromatic nitrogens is 4. The van der Waals surface area contributed by atoms with E-state index in [0.29, 0.717) is 0 Å². The highest BCUT2D eigenvalue weighted by Gasteiger charge is 2.35. The van der Waals surface area contributed by atoms with Crippen LogP contribution in [0.4, 0.5) is 0 Å². The van der Waals surface area contributed by atoms with Crippen molar-refractivity contribution in [2.75, 3.05) is 0 Å². The maximum atomic E-state index is 6.46. The van der Waals surface area contributed by atoms with Crippen molar-refractivity contribution in [1.29, 1.82) is 0 Å². The molecule has 86 valence electrons. The van der Waals surface area contributed by atoms with Gasteiger partial charge in [0.1, 0.15) is 17.2 Å². The molecule has 0 amide bonds. The van der Waals surface area contributed by atoms with Crippen molar-refractivity contribution in [3.63, 3.8) is 0 Å². The second kappa shape index (κ2) is 3.75. The molecule has 2 aromatic rings. The fraction of sp³-hybridized carbons (Fsp3) is 0.455. The number of nitrogens with two attached hydrogens (primary N) is 1. The molecule has 0 bridgehead atoms. The minimum absolute atomic E-state index is 0.628. The minimum Gasteiger partial charge on any atom is -0.336 e. The molecular formula is C11H17N5. The molecule has 5 heteroatoms. The third-order valence-corrected chi connectivity index (χ3v) is 3.00. The highest BCUT2D eigenvalue weighted by atomic mass is 15.1. The fourth-order valence-corrected chi connectivity index (χ4v) is 2.01. The van der Waals surface area contributed by atoms with Crippen LogP contribution in [0.5, 0.6) is 0 Å². The zero-order valence-electron chi connectivity index (χ0n) is 9.88. The molecule has 0 unspecified atom stereocenters. The van der Waals surface area contributed by atoms with E-state index in [2.05, 4.69) is 9.97 Å². The molecule has 0 fully saturated rings. The first-order chi connectivity index (χ1) is 7.59. The van der Waals surface area contributed by atoms with Crippen molar-refractivity contribution in [2.45, 2.75) is 18.9 Å². The first-order valence-electron chi connectivity index (χ1n) is 5.34. The first kappa shape index (κ1) is 10.9. The summed E-state index contributed by atoms with van der Waals surface area (Å²) in [5, 5.41) is 0. The maximum absolute atomic E-state index is 6.46. The maximum Gasteiger partial charge on any atom is 0.136 e. The van der Waals surface area contributed by atoms with E-state index in [1.54, 1.807) is 12.4 Å². The third kappa shape index (κ3) is 1.44. The second-order valence-electron chi connectivity index (χ2n) is 4.05. The Bertz CT molecular complexity index is 442. The number of imidazole rings is 2. The molecule has 0 spiro atoms. The Morgan fingerprint density at radius 2 is 1.56 bits per heavy atom. The van der Waals surface area contributed by atoms with Crippen LogP contribution in [0, 0.1) is 0 Å². The molecule has 0 radical (unpaired) electrons. The highest BCUT2D eigenvalue weighted by molar-refractivity contribution is 5.21. The van der Waals surface area contributed by atoms with Gasteiger partial charge in [-0.05, 0) is 6.42 Å². The quantitative estimate of drug-likeness (QED) is 0.829. The van der Waals surface area contributed by atoms with Crippen molar-refractivity contribution in [3.05, 3.63) is 36.4 Å². The van der Waals surface area contributed by atoms with E-state index >= 15 is 0 Å². The van der Waals surface area contributed by atoms with Crippen molar-refractivity contribution < 1.29 is 0 Å². The predicted octanol–water partition coefficient (Wildman–Crippen LogP) is 0.766. The zero-order valence-corrected chi connectivity index (χ0v) is 9.88. The summed E-state index contributed by atoms with van der Waals surface area (Å²) in [6.07, 6.45) is 8.07. The van der Waals surface area contributed by atoms with Gasteiger partial charge in [-0.1, -0.05) is 6.92 Å². The molecular weight excluding hydrogens is 202 g/mol. The molecule has 2 heterocycles. The third-order valence-electron chi connectivity index (χ3n) is 3.00. The van der Waals surface area contributed by atoms with Crippen LogP contribution in [0.1, 0.15) is 25.0 Å². The zero-order chi connectivity index (χ0) is 11.8. The molecule has 2 N–H and O–H groups in total. The van der Waals surface area contributed by atoms with E-state index in [0.717, 1.165) is 18.1 Å². The van der Waals surface area contributed by atoms with E-state index < -0.39 is 5.54 Å². The van der Waals surface area contributed by atoms with Crippen LogP contribution >= 0.6 is 0 Å². The summed E-state index contributed by atoms with van der Waals surface area (Å²) in [6, 6.07) is 0. The summed E-state index contributed by atoms with van der Waals surface area (Å²) in [7, 11) is 3.89. The molecule has 2 rings (SSSR count). The Kier molecular flexibility index (Phi) is 2.55. The summed E-state index contributed by atoms with van der Waals surface area (Å²) in [5.41, 5.74) is 5.84. The predicted molar refractivity (Wildman–Crippen MR) is 61.7 cm³/mol. The molecule has 0 aromatic carbocycles. The van der Waals surface area contributed by atoms with Gasteiger partial charge < -0.3 is 14.9 Å². The van der Waals surface area contributed by atoms with Crippen LogP contribution in [0.15, 0.2) is 24.8 Å². The Labute approximate surface area is 94.9 Å². The van der Waals surface area contributed by atoms with Gasteiger partial charge in [0.2, 0.25) is 0 Å². The Morgan fingerprint density at radius 3 is 1.81 bits per heavy atom. The van der Waals surface area contributed by atoms with Crippen LogP contribution < -0.4 is 5.73 Å². The molecule has 2 aromatic heterocycles. The van der Waals surface area contributed by atoms with Gasteiger partial charge in [0.15, 0.2) is 0 Å². The lowest BCUT2D eigenvalue weighted by molar-refractivity contribution is 0.429. The van der Waals surface area contributed by atoms with Crippen molar-refractivity contribution in [3.8, 4) is 0 Å². The van der Waals surface area contributed by atoms with Crippen LogP contribution in [-0.2, 0) is 19.6 Å². The summed E-state index contributed by atoms with van der Waals surface area (Å²) in [6.45, 7) is 2.04. The van der Waals surface area contributed by atoms with Crippen molar-refractivity contribution >= 4 is 0 Å². The summed E-state index contributed by atoms with van der Waals surface area (Å²) in [5.74, 6) is 1.67. The molecule has 5 nitrogen and oxygen atoms in total. The summed E-state index contributed by atoms with van der Waals surface area (Å²) >= 11 is 0. The van der Waals surface area contributed by atoms with Gasteiger partial charge in [0.25, 0.3) is 0 Å². The van der Waals surface area contributed by atoms with E-state index in [4.69, 9.17) is 5.73 Å². The minimum atomic E-state index is -0.628. The van der Waals surface area contributed by atoms with Gasteiger partial charge in [-0.3, -0.25) is 0 Å². The molecule has 0 saturated carbocycles. The van der Waals surface area contributed by atoms with E-state index in [1.165, 1.54) is 0 Å². The van der Waals surface area contributed by atoms with Gasteiger partial charge in [0, 0.05) is 38.9 Å². The van der Waals surface area contributed by atoms with Gasteiger partial charge in [-0.2, -0.15) is 0 Å². The number of hydrogen-bond donors (Lipinski definition) is 1. The molecule has 0 aliphatic heterocycles. The van der Waals surface area contributed by atoms with Crippen LogP contribution in [0.3, 0.4) is 0 Å². The Hall–Kier alpha value is -1.62. The number of rotatable bonds is 3. The largest absolute Gasteiger partial charge is 0.336 e. The number of nitrogens with zero attached hydrogens (tertiary/aromatic N) is 4. The first-order valence-corrected chi connectivity index (χ1v) is 5.34. The monoisotopic (exact) mass is 219 g/mol. The summed E-state index contributed by atoms with van der Waals surface area (Å²) < 4.78 is 3.89. The molecule has 16 heavy (non-hydrogen) atoms. The SMILES string of the molecule is CCC(N)(c1nccn1C)c1nccn1C. The van der Waals surface area contributed by atoms with Crippen molar-refractivity contribution in [1.82, 2.24) is 19.1 Å². The van der Waals surface area contributed by atoms with Crippen LogP contribution in [0.25, 0.3) is 0 Å². The van der Waals surface area contributed by atoms with E-state index in [-0.39, 0.29) is 0 Å². The fourth-order valence-electron chi connectivity index (χ4n) is 2.01. The molecule has 0 atom stereocenters. The molecule has 0 saturated heterocycles. The average Bonchev–Trinajstić information content (AvgIpc) is 2.86. The Balaban J connectivity index is 2.57. The van der Waals surface area contributed by atoms with Gasteiger partial charge in [-0.25, -0.2) is 9.97 Å². The van der Waals surface area contributed by atoms with Gasteiger partial charge in [0.05, 0.1) is 0 Å². The van der Waals surface area contributed by atoms with E-state index in [9.17, 15) is 0 Å². The second-order valence-corrected chi connectivity index (χ2v) is 4.05. The van der Waals surface area contributed by atoms with Crippen LogP contribution in [-0.4, -0.2) is 19.1 Å². The normalized spacial score (nSPS) is 12.0. The Morgan fingerprint density at radius 1 is 1.12 bits per heavy atom. The smallest absolute Gasteiger partial charge is 0.136 e. The van der Waals surface area contributed by atoms with E-state index in [1.807, 2.05) is 42.5 Å². The van der Waals surface area contributed by atoms with Crippen LogP contribution in [0.2, 0.25) is 0 Å². The topological polar surface area (TPSA) is 61.7 Å². The molecule has 0 aliphatic carbocycles. The number of aryl methyl sites for hydroxylation is 2. The average molecular weight is 219 g/mol. The lowest BCUT2D eigenvalue weighted by Gasteiger charge is -2.26. The standard InChI is InChI=1S/C11H17N5/c1-4-11(12,9-13-5-7-15(9)2)10-14-6-8-16(10)3/h5-8H,4,12H2,1-3H3. The summed E-state index contributed by atoms with van der Waals surface area (Å²) in [4.78, 5) is 8.68. The lowest BCUT2D eigenvalue weighted by Crippen LogP contribution is -2.42. The van der Waals surface area contributed by atoms with Gasteiger partial charge >= 0.3 is 0 Å². The number of hydrogen-bond acceptors (Lipinski definition) is 3. The highest BCUT2D eigenvalue weighted by Crippen LogP contribution is 2.26. The van der Waals surface area contributed by atoms with Crippen molar-refractivity contribution in [2.24, 2.45) is 19.8 Å². The molecule has 0 aliphatic rings.